The highest BCUT2D eigenvalue weighted by atomic mass is 32.1. The van der Waals surface area contributed by atoms with Crippen molar-refractivity contribution in [2.45, 2.75) is 6.54 Å². The SMILES string of the molecule is COc1ccc(NC(N)=NCc2csc(-c3ccccc3)n2)cc1OC. The highest BCUT2D eigenvalue weighted by molar-refractivity contribution is 7.13. The van der Waals surface area contributed by atoms with Gasteiger partial charge in [-0.25, -0.2) is 9.98 Å². The van der Waals surface area contributed by atoms with Crippen LogP contribution in [0, 0.1) is 0 Å². The maximum atomic E-state index is 5.98. The maximum Gasteiger partial charge on any atom is 0.193 e. The Hall–Kier alpha value is -3.06. The average molecular weight is 368 g/mol. The molecular formula is C19H20N4O2S. The summed E-state index contributed by atoms with van der Waals surface area (Å²) in [4.78, 5) is 8.95. The number of nitrogens with one attached hydrogen (secondary N) is 1. The molecule has 1 heterocycles. The smallest absolute Gasteiger partial charge is 0.193 e. The van der Waals surface area contributed by atoms with Crippen molar-refractivity contribution >= 4 is 23.0 Å². The number of hydrogen-bond donors (Lipinski definition) is 2. The lowest BCUT2D eigenvalue weighted by Crippen LogP contribution is -2.22. The zero-order valence-electron chi connectivity index (χ0n) is 14.6. The zero-order chi connectivity index (χ0) is 18.4. The first-order valence-electron chi connectivity index (χ1n) is 7.98. The first kappa shape index (κ1) is 17.8. The van der Waals surface area contributed by atoms with Crippen LogP contribution in [0.15, 0.2) is 58.9 Å². The number of nitrogens with two attached hydrogens (primary N) is 1. The summed E-state index contributed by atoms with van der Waals surface area (Å²) in [7, 11) is 3.18. The van der Waals surface area contributed by atoms with Gasteiger partial charge in [-0.05, 0) is 12.1 Å². The Morgan fingerprint density at radius 2 is 1.88 bits per heavy atom. The van der Waals surface area contributed by atoms with E-state index < -0.39 is 0 Å². The summed E-state index contributed by atoms with van der Waals surface area (Å²) in [6.07, 6.45) is 0. The largest absolute Gasteiger partial charge is 0.493 e. The molecule has 3 N–H and O–H groups in total. The predicted molar refractivity (Wildman–Crippen MR) is 106 cm³/mol. The standard InChI is InChI=1S/C19H20N4O2S/c1-24-16-9-8-14(10-17(16)25-2)23-19(20)21-11-15-12-26-18(22-15)13-6-4-3-5-7-13/h3-10,12H,11H2,1-2H3,(H3,20,21,23). The molecule has 0 aliphatic heterocycles. The summed E-state index contributed by atoms with van der Waals surface area (Å²) in [6.45, 7) is 0.412. The molecule has 0 fully saturated rings. The Balaban J connectivity index is 1.65. The number of aromatic nitrogens is 1. The van der Waals surface area contributed by atoms with Crippen molar-refractivity contribution in [1.29, 1.82) is 0 Å². The van der Waals surface area contributed by atoms with Gasteiger partial charge in [0, 0.05) is 22.7 Å². The van der Waals surface area contributed by atoms with Gasteiger partial charge in [-0.2, -0.15) is 0 Å². The summed E-state index contributed by atoms with van der Waals surface area (Å²) in [5.74, 6) is 1.59. The summed E-state index contributed by atoms with van der Waals surface area (Å²) in [6, 6.07) is 15.5. The van der Waals surface area contributed by atoms with Crippen LogP contribution in [0.25, 0.3) is 10.6 Å². The van der Waals surface area contributed by atoms with Crippen LogP contribution in [0.1, 0.15) is 5.69 Å². The minimum atomic E-state index is 0.312. The molecule has 0 spiro atoms. The van der Waals surface area contributed by atoms with E-state index in [-0.39, 0.29) is 0 Å². The van der Waals surface area contributed by atoms with Crippen LogP contribution in [-0.4, -0.2) is 25.2 Å². The number of thiazole rings is 1. The second-order valence-electron chi connectivity index (χ2n) is 5.41. The third kappa shape index (κ3) is 4.31. The van der Waals surface area contributed by atoms with Crippen molar-refractivity contribution in [2.75, 3.05) is 19.5 Å². The molecule has 6 nitrogen and oxygen atoms in total. The molecule has 3 rings (SSSR count). The molecule has 26 heavy (non-hydrogen) atoms. The predicted octanol–water partition coefficient (Wildman–Crippen LogP) is 3.75. The fourth-order valence-corrected chi connectivity index (χ4v) is 3.18. The Morgan fingerprint density at radius 1 is 1.12 bits per heavy atom. The van der Waals surface area contributed by atoms with E-state index in [9.17, 15) is 0 Å². The van der Waals surface area contributed by atoms with E-state index in [0.29, 0.717) is 24.0 Å². The molecule has 0 amide bonds. The Bertz CT molecular complexity index is 894. The van der Waals surface area contributed by atoms with E-state index in [4.69, 9.17) is 15.2 Å². The molecule has 1 aromatic heterocycles. The van der Waals surface area contributed by atoms with Gasteiger partial charge in [0.25, 0.3) is 0 Å². The monoisotopic (exact) mass is 368 g/mol. The number of rotatable bonds is 6. The number of hydrogen-bond acceptors (Lipinski definition) is 5. The third-order valence-electron chi connectivity index (χ3n) is 3.64. The van der Waals surface area contributed by atoms with Crippen LogP contribution in [-0.2, 0) is 6.54 Å². The second kappa shape index (κ2) is 8.35. The average Bonchev–Trinajstić information content (AvgIpc) is 3.16. The van der Waals surface area contributed by atoms with Gasteiger partial charge in [0.2, 0.25) is 0 Å². The van der Waals surface area contributed by atoms with Crippen LogP contribution in [0.5, 0.6) is 11.5 Å². The van der Waals surface area contributed by atoms with Crippen molar-refractivity contribution in [3.05, 3.63) is 59.6 Å². The van der Waals surface area contributed by atoms with Gasteiger partial charge < -0.3 is 20.5 Å². The Labute approximate surface area is 156 Å². The van der Waals surface area contributed by atoms with E-state index in [1.165, 1.54) is 0 Å². The van der Waals surface area contributed by atoms with Crippen LogP contribution in [0.4, 0.5) is 5.69 Å². The molecule has 0 aliphatic rings. The van der Waals surface area contributed by atoms with Crippen LogP contribution < -0.4 is 20.5 Å². The van der Waals surface area contributed by atoms with Crippen molar-refractivity contribution in [3.8, 4) is 22.1 Å². The molecule has 0 bridgehead atoms. The number of guanidine groups is 1. The fraction of sp³-hybridized carbons (Fsp3) is 0.158. The van der Waals surface area contributed by atoms with E-state index >= 15 is 0 Å². The summed E-state index contributed by atoms with van der Waals surface area (Å²) < 4.78 is 10.5. The molecule has 0 aliphatic carbocycles. The van der Waals surface area contributed by atoms with E-state index in [0.717, 1.165) is 22.0 Å². The summed E-state index contributed by atoms with van der Waals surface area (Å²) in [5, 5.41) is 6.01. The molecule has 0 atom stereocenters. The Morgan fingerprint density at radius 3 is 2.62 bits per heavy atom. The van der Waals surface area contributed by atoms with Crippen LogP contribution in [0.2, 0.25) is 0 Å². The molecule has 0 saturated heterocycles. The van der Waals surface area contributed by atoms with Crippen molar-refractivity contribution in [2.24, 2.45) is 10.7 Å². The van der Waals surface area contributed by atoms with E-state index in [2.05, 4.69) is 15.3 Å². The first-order chi connectivity index (χ1) is 12.7. The van der Waals surface area contributed by atoms with Gasteiger partial charge in [-0.3, -0.25) is 0 Å². The third-order valence-corrected chi connectivity index (χ3v) is 4.58. The minimum absolute atomic E-state index is 0.312. The lowest BCUT2D eigenvalue weighted by molar-refractivity contribution is 0.355. The van der Waals surface area contributed by atoms with Crippen molar-refractivity contribution in [3.63, 3.8) is 0 Å². The molecule has 3 aromatic rings. The topological polar surface area (TPSA) is 81.8 Å². The molecule has 7 heteroatoms. The highest BCUT2D eigenvalue weighted by Gasteiger charge is 2.06. The normalized spacial score (nSPS) is 11.2. The molecule has 134 valence electrons. The number of anilines is 1. The molecule has 0 saturated carbocycles. The molecule has 0 radical (unpaired) electrons. The van der Waals surface area contributed by atoms with Gasteiger partial charge in [-0.1, -0.05) is 30.3 Å². The molecule has 0 unspecified atom stereocenters. The second-order valence-corrected chi connectivity index (χ2v) is 6.26. The van der Waals surface area contributed by atoms with Gasteiger partial charge in [0.05, 0.1) is 26.5 Å². The van der Waals surface area contributed by atoms with Gasteiger partial charge in [0.15, 0.2) is 17.5 Å². The maximum absolute atomic E-state index is 5.98. The molecular weight excluding hydrogens is 348 g/mol. The van der Waals surface area contributed by atoms with Crippen molar-refractivity contribution < 1.29 is 9.47 Å². The highest BCUT2D eigenvalue weighted by Crippen LogP contribution is 2.29. The van der Waals surface area contributed by atoms with Crippen LogP contribution in [0.3, 0.4) is 0 Å². The summed E-state index contributed by atoms with van der Waals surface area (Å²) in [5.41, 5.74) is 8.73. The van der Waals surface area contributed by atoms with Crippen molar-refractivity contribution in [1.82, 2.24) is 4.98 Å². The number of nitrogens with zero attached hydrogens (tertiary/aromatic N) is 2. The summed E-state index contributed by atoms with van der Waals surface area (Å²) >= 11 is 1.60. The number of benzene rings is 2. The molecule has 2 aromatic carbocycles. The zero-order valence-corrected chi connectivity index (χ0v) is 15.4. The fourth-order valence-electron chi connectivity index (χ4n) is 2.36. The lowest BCUT2D eigenvalue weighted by atomic mass is 10.2. The number of aliphatic imine (C=N–C) groups is 1. The van der Waals surface area contributed by atoms with E-state index in [1.54, 1.807) is 37.7 Å². The van der Waals surface area contributed by atoms with Gasteiger partial charge >= 0.3 is 0 Å². The van der Waals surface area contributed by atoms with E-state index in [1.807, 2.05) is 41.8 Å². The number of methoxy groups -OCH3 is 2. The Kier molecular flexibility index (Phi) is 5.70. The quantitative estimate of drug-likeness (QED) is 0.511. The number of ether oxygens (including phenoxy) is 2. The minimum Gasteiger partial charge on any atom is -0.493 e. The van der Waals surface area contributed by atoms with Gasteiger partial charge in [0.1, 0.15) is 5.01 Å². The lowest BCUT2D eigenvalue weighted by Gasteiger charge is -2.10. The first-order valence-corrected chi connectivity index (χ1v) is 8.86. The van der Waals surface area contributed by atoms with Gasteiger partial charge in [-0.15, -0.1) is 11.3 Å². The van der Waals surface area contributed by atoms with Crippen LogP contribution >= 0.6 is 11.3 Å².